The summed E-state index contributed by atoms with van der Waals surface area (Å²) in [4.78, 5) is 6.95. The monoisotopic (exact) mass is 280 g/mol. The zero-order valence-electron chi connectivity index (χ0n) is 12.0. The first kappa shape index (κ1) is 13.3. The van der Waals surface area contributed by atoms with Crippen molar-refractivity contribution in [2.45, 2.75) is 44.4 Å². The molecule has 0 aliphatic heterocycles. The van der Waals surface area contributed by atoms with Gasteiger partial charge in [-0.2, -0.15) is 4.37 Å². The molecule has 0 radical (unpaired) electrons. The minimum absolute atomic E-state index is 0.439. The van der Waals surface area contributed by atoms with Crippen LogP contribution in [0.5, 0.6) is 0 Å². The lowest BCUT2D eigenvalue weighted by Crippen LogP contribution is -2.37. The molecule has 106 valence electrons. The Morgan fingerprint density at radius 1 is 1.32 bits per heavy atom. The second-order valence-electron chi connectivity index (χ2n) is 6.53. The summed E-state index contributed by atoms with van der Waals surface area (Å²) in [5, 5.41) is 4.57. The lowest BCUT2D eigenvalue weighted by molar-refractivity contribution is 0.215. The van der Waals surface area contributed by atoms with Crippen LogP contribution in [0.2, 0.25) is 0 Å². The van der Waals surface area contributed by atoms with Crippen LogP contribution in [0, 0.1) is 5.41 Å². The average Bonchev–Trinajstić information content (AvgIpc) is 2.94. The fraction of sp³-hybridized carbons (Fsp3) is 0.857. The van der Waals surface area contributed by atoms with Gasteiger partial charge >= 0.3 is 0 Å². The smallest absolute Gasteiger partial charge is 0.202 e. The summed E-state index contributed by atoms with van der Waals surface area (Å²) >= 11 is 1.53. The first-order valence-electron chi connectivity index (χ1n) is 7.39. The van der Waals surface area contributed by atoms with Gasteiger partial charge < -0.3 is 10.2 Å². The predicted molar refractivity (Wildman–Crippen MR) is 79.8 cm³/mol. The van der Waals surface area contributed by atoms with Crippen LogP contribution >= 0.6 is 11.5 Å². The summed E-state index contributed by atoms with van der Waals surface area (Å²) in [6.07, 6.45) is 7.98. The summed E-state index contributed by atoms with van der Waals surface area (Å²) in [5.41, 5.74) is 0.439. The molecule has 19 heavy (non-hydrogen) atoms. The highest BCUT2D eigenvalue weighted by Gasteiger charge is 2.34. The van der Waals surface area contributed by atoms with Crippen LogP contribution in [0.4, 0.5) is 5.13 Å². The second-order valence-corrected chi connectivity index (χ2v) is 7.28. The van der Waals surface area contributed by atoms with Crippen molar-refractivity contribution in [1.29, 1.82) is 0 Å². The summed E-state index contributed by atoms with van der Waals surface area (Å²) in [6.45, 7) is 2.22. The molecule has 2 aliphatic rings. The molecule has 1 aromatic heterocycles. The van der Waals surface area contributed by atoms with Crippen molar-refractivity contribution in [3.63, 3.8) is 0 Å². The van der Waals surface area contributed by atoms with E-state index in [0.717, 1.165) is 17.5 Å². The second kappa shape index (κ2) is 5.37. The highest BCUT2D eigenvalue weighted by Crippen LogP contribution is 2.40. The molecule has 1 N–H and O–H groups in total. The van der Waals surface area contributed by atoms with E-state index in [9.17, 15) is 0 Å². The molecule has 0 bridgehead atoms. The van der Waals surface area contributed by atoms with Crippen molar-refractivity contribution in [3.8, 4) is 0 Å². The first-order chi connectivity index (χ1) is 9.17. The number of hydrogen-bond acceptors (Lipinski definition) is 5. The molecular formula is C14H24N4S. The van der Waals surface area contributed by atoms with Gasteiger partial charge in [0.2, 0.25) is 5.13 Å². The Labute approximate surface area is 119 Å². The third-order valence-electron chi connectivity index (χ3n) is 4.31. The Hall–Kier alpha value is -0.680. The van der Waals surface area contributed by atoms with Crippen molar-refractivity contribution in [1.82, 2.24) is 14.3 Å². The van der Waals surface area contributed by atoms with Gasteiger partial charge in [-0.05, 0) is 39.8 Å². The lowest BCUT2D eigenvalue weighted by Gasteiger charge is -2.32. The van der Waals surface area contributed by atoms with E-state index in [1.165, 1.54) is 56.6 Å². The van der Waals surface area contributed by atoms with Gasteiger partial charge in [-0.1, -0.05) is 12.8 Å². The summed E-state index contributed by atoms with van der Waals surface area (Å²) in [6, 6.07) is 0. The number of hydrogen-bond donors (Lipinski definition) is 1. The van der Waals surface area contributed by atoms with E-state index in [-0.39, 0.29) is 0 Å². The molecule has 5 heteroatoms. The van der Waals surface area contributed by atoms with Gasteiger partial charge in [0.25, 0.3) is 0 Å². The lowest BCUT2D eigenvalue weighted by atomic mass is 9.85. The fourth-order valence-electron chi connectivity index (χ4n) is 3.26. The number of aromatic nitrogens is 2. The van der Waals surface area contributed by atoms with Crippen LogP contribution in [0.25, 0.3) is 0 Å². The Morgan fingerprint density at radius 2 is 2.05 bits per heavy atom. The molecule has 0 atom stereocenters. The number of nitrogens with one attached hydrogen (secondary N) is 1. The van der Waals surface area contributed by atoms with Crippen LogP contribution in [0.3, 0.4) is 0 Å². The molecule has 2 fully saturated rings. The highest BCUT2D eigenvalue weighted by atomic mass is 32.1. The molecule has 1 aromatic rings. The SMILES string of the molecule is CN(C)CC1(CNc2nc(C3CC3)ns2)CCCC1. The first-order valence-corrected chi connectivity index (χ1v) is 8.16. The van der Waals surface area contributed by atoms with E-state index in [1.54, 1.807) is 0 Å². The topological polar surface area (TPSA) is 41.0 Å². The minimum Gasteiger partial charge on any atom is -0.360 e. The number of rotatable bonds is 6. The third kappa shape index (κ3) is 3.26. The van der Waals surface area contributed by atoms with Crippen molar-refractivity contribution in [3.05, 3.63) is 5.82 Å². The average molecular weight is 280 g/mol. The summed E-state index contributed by atoms with van der Waals surface area (Å²) in [5.74, 6) is 1.73. The van der Waals surface area contributed by atoms with Crippen LogP contribution in [-0.2, 0) is 0 Å². The molecule has 3 rings (SSSR count). The summed E-state index contributed by atoms with van der Waals surface area (Å²) < 4.78 is 4.46. The van der Waals surface area contributed by atoms with Crippen molar-refractivity contribution in [2.24, 2.45) is 5.41 Å². The van der Waals surface area contributed by atoms with Crippen molar-refractivity contribution >= 4 is 16.7 Å². The molecule has 0 unspecified atom stereocenters. The molecule has 0 amide bonds. The molecule has 1 heterocycles. The van der Waals surface area contributed by atoms with Crippen LogP contribution < -0.4 is 5.32 Å². The van der Waals surface area contributed by atoms with E-state index in [0.29, 0.717) is 11.3 Å². The fourth-order valence-corrected chi connectivity index (χ4v) is 3.90. The molecular weight excluding hydrogens is 256 g/mol. The van der Waals surface area contributed by atoms with Crippen molar-refractivity contribution in [2.75, 3.05) is 32.5 Å². The van der Waals surface area contributed by atoms with Gasteiger partial charge in [0, 0.05) is 36.0 Å². The van der Waals surface area contributed by atoms with E-state index >= 15 is 0 Å². The maximum atomic E-state index is 4.63. The van der Waals surface area contributed by atoms with Gasteiger partial charge in [0.05, 0.1) is 0 Å². The maximum Gasteiger partial charge on any atom is 0.202 e. The zero-order valence-corrected chi connectivity index (χ0v) is 12.8. The summed E-state index contributed by atoms with van der Waals surface area (Å²) in [7, 11) is 4.35. The molecule has 0 spiro atoms. The number of anilines is 1. The Bertz CT molecular complexity index is 419. The van der Waals surface area contributed by atoms with E-state index in [4.69, 9.17) is 0 Å². The van der Waals surface area contributed by atoms with E-state index in [2.05, 4.69) is 33.7 Å². The predicted octanol–water partition coefficient (Wildman–Crippen LogP) is 2.95. The Morgan fingerprint density at radius 3 is 2.68 bits per heavy atom. The van der Waals surface area contributed by atoms with Gasteiger partial charge in [-0.15, -0.1) is 0 Å². The van der Waals surface area contributed by atoms with E-state index in [1.807, 2.05) is 0 Å². The standard InChI is InChI=1S/C14H24N4S/c1-18(2)10-14(7-3-4-8-14)9-15-13-16-12(17-19-13)11-5-6-11/h11H,3-10H2,1-2H3,(H,15,16,17). The van der Waals surface area contributed by atoms with Crippen molar-refractivity contribution < 1.29 is 0 Å². The highest BCUT2D eigenvalue weighted by molar-refractivity contribution is 7.09. The maximum absolute atomic E-state index is 4.63. The minimum atomic E-state index is 0.439. The molecule has 0 aromatic carbocycles. The largest absolute Gasteiger partial charge is 0.360 e. The molecule has 2 saturated carbocycles. The zero-order chi connectivity index (χ0) is 13.3. The quantitative estimate of drug-likeness (QED) is 0.870. The van der Waals surface area contributed by atoms with Crippen LogP contribution in [-0.4, -0.2) is 41.4 Å². The molecule has 4 nitrogen and oxygen atoms in total. The molecule has 2 aliphatic carbocycles. The van der Waals surface area contributed by atoms with Gasteiger partial charge in [-0.3, -0.25) is 0 Å². The number of nitrogens with zero attached hydrogens (tertiary/aromatic N) is 3. The third-order valence-corrected chi connectivity index (χ3v) is 5.00. The van der Waals surface area contributed by atoms with Crippen LogP contribution in [0.1, 0.15) is 50.3 Å². The Kier molecular flexibility index (Phi) is 3.76. The van der Waals surface area contributed by atoms with E-state index < -0.39 is 0 Å². The Balaban J connectivity index is 1.58. The van der Waals surface area contributed by atoms with Crippen LogP contribution in [0.15, 0.2) is 0 Å². The van der Waals surface area contributed by atoms with Gasteiger partial charge in [0.1, 0.15) is 5.82 Å². The van der Waals surface area contributed by atoms with Gasteiger partial charge in [-0.25, -0.2) is 4.98 Å². The normalized spacial score (nSPS) is 22.1. The van der Waals surface area contributed by atoms with Gasteiger partial charge in [0.15, 0.2) is 0 Å². The molecule has 0 saturated heterocycles.